The number of anilines is 1. The first-order chi connectivity index (χ1) is 12.0. The van der Waals surface area contributed by atoms with E-state index in [0.29, 0.717) is 28.3 Å². The van der Waals surface area contributed by atoms with Crippen LogP contribution in [0, 0.1) is 10.1 Å². The number of nitrogens with one attached hydrogen (secondary N) is 1. The van der Waals surface area contributed by atoms with Crippen molar-refractivity contribution in [2.75, 3.05) is 12.1 Å². The van der Waals surface area contributed by atoms with Crippen LogP contribution in [0.1, 0.15) is 18.1 Å². The fraction of sp³-hybridized carbons (Fsp3) is 0.235. The monoisotopic (exact) mass is 344 g/mol. The SMILES string of the molecule is CC(=O)Nc1ccccc1OCc1cc([N+](=O)[O-])cc2c1OCOC2. The Morgan fingerprint density at radius 2 is 2.16 bits per heavy atom. The Balaban J connectivity index is 1.87. The smallest absolute Gasteiger partial charge is 0.270 e. The maximum Gasteiger partial charge on any atom is 0.270 e. The minimum atomic E-state index is -0.469. The lowest BCUT2D eigenvalue weighted by Crippen LogP contribution is -2.14. The van der Waals surface area contributed by atoms with E-state index in [2.05, 4.69) is 5.32 Å². The summed E-state index contributed by atoms with van der Waals surface area (Å²) in [5.41, 5.74) is 1.62. The van der Waals surface area contributed by atoms with Gasteiger partial charge in [-0.25, -0.2) is 0 Å². The number of hydrogen-bond acceptors (Lipinski definition) is 6. The first-order valence-corrected chi connectivity index (χ1v) is 7.54. The third kappa shape index (κ3) is 3.86. The highest BCUT2D eigenvalue weighted by Crippen LogP contribution is 2.34. The third-order valence-corrected chi connectivity index (χ3v) is 3.56. The number of ether oxygens (including phenoxy) is 3. The van der Waals surface area contributed by atoms with Crippen LogP contribution in [-0.2, 0) is 22.7 Å². The first-order valence-electron chi connectivity index (χ1n) is 7.54. The minimum Gasteiger partial charge on any atom is -0.487 e. The van der Waals surface area contributed by atoms with Gasteiger partial charge in [0.1, 0.15) is 18.1 Å². The fourth-order valence-corrected chi connectivity index (χ4v) is 2.53. The minimum absolute atomic E-state index is 0.0541. The van der Waals surface area contributed by atoms with Crippen LogP contribution >= 0.6 is 0 Å². The van der Waals surface area contributed by atoms with E-state index in [4.69, 9.17) is 14.2 Å². The topological polar surface area (TPSA) is 99.9 Å². The molecule has 130 valence electrons. The van der Waals surface area contributed by atoms with Gasteiger partial charge in [0.15, 0.2) is 6.79 Å². The van der Waals surface area contributed by atoms with Crippen LogP contribution in [0.4, 0.5) is 11.4 Å². The summed E-state index contributed by atoms with van der Waals surface area (Å²) in [7, 11) is 0. The first kappa shape index (κ1) is 16.7. The molecule has 0 saturated heterocycles. The number of benzene rings is 2. The van der Waals surface area contributed by atoms with Crippen molar-refractivity contribution in [1.29, 1.82) is 0 Å². The van der Waals surface area contributed by atoms with E-state index in [1.807, 2.05) is 0 Å². The van der Waals surface area contributed by atoms with Gasteiger partial charge in [0.25, 0.3) is 5.69 Å². The van der Waals surface area contributed by atoms with E-state index in [9.17, 15) is 14.9 Å². The summed E-state index contributed by atoms with van der Waals surface area (Å²) in [6, 6.07) is 9.82. The summed E-state index contributed by atoms with van der Waals surface area (Å²) in [6.07, 6.45) is 0. The van der Waals surface area contributed by atoms with Crippen LogP contribution in [0.2, 0.25) is 0 Å². The molecule has 0 radical (unpaired) electrons. The number of hydrogen-bond donors (Lipinski definition) is 1. The number of para-hydroxylation sites is 2. The number of non-ortho nitro benzene ring substituents is 1. The number of carbonyl (C=O) groups excluding carboxylic acids is 1. The van der Waals surface area contributed by atoms with Gasteiger partial charge in [0.05, 0.1) is 17.2 Å². The van der Waals surface area contributed by atoms with Gasteiger partial charge in [0.2, 0.25) is 5.91 Å². The molecule has 1 aliphatic heterocycles. The molecular formula is C17H16N2O6. The van der Waals surface area contributed by atoms with Crippen molar-refractivity contribution in [1.82, 2.24) is 0 Å². The largest absolute Gasteiger partial charge is 0.487 e. The Morgan fingerprint density at radius 1 is 1.36 bits per heavy atom. The normalized spacial score (nSPS) is 12.7. The molecule has 2 aromatic carbocycles. The Hall–Kier alpha value is -3.13. The molecule has 0 fully saturated rings. The zero-order valence-corrected chi connectivity index (χ0v) is 13.5. The number of carbonyl (C=O) groups is 1. The van der Waals surface area contributed by atoms with Gasteiger partial charge in [-0.3, -0.25) is 14.9 Å². The average molecular weight is 344 g/mol. The molecule has 1 heterocycles. The zero-order chi connectivity index (χ0) is 17.8. The highest BCUT2D eigenvalue weighted by molar-refractivity contribution is 5.90. The predicted molar refractivity (Wildman–Crippen MR) is 88.5 cm³/mol. The van der Waals surface area contributed by atoms with Gasteiger partial charge in [-0.15, -0.1) is 0 Å². The van der Waals surface area contributed by atoms with E-state index < -0.39 is 4.92 Å². The van der Waals surface area contributed by atoms with Crippen molar-refractivity contribution >= 4 is 17.3 Å². The quantitative estimate of drug-likeness (QED) is 0.661. The Kier molecular flexibility index (Phi) is 4.80. The van der Waals surface area contributed by atoms with Crippen LogP contribution < -0.4 is 14.8 Å². The summed E-state index contributed by atoms with van der Waals surface area (Å²) in [6.45, 7) is 1.79. The van der Waals surface area contributed by atoms with Crippen molar-refractivity contribution in [3.63, 3.8) is 0 Å². The molecule has 25 heavy (non-hydrogen) atoms. The molecule has 2 aromatic rings. The Morgan fingerprint density at radius 3 is 2.92 bits per heavy atom. The second-order valence-corrected chi connectivity index (χ2v) is 5.43. The number of fused-ring (bicyclic) bond motifs is 1. The lowest BCUT2D eigenvalue weighted by molar-refractivity contribution is -0.385. The number of nitro groups is 1. The van der Waals surface area contributed by atoms with Crippen molar-refractivity contribution in [2.45, 2.75) is 20.1 Å². The molecule has 8 heteroatoms. The fourth-order valence-electron chi connectivity index (χ4n) is 2.53. The Labute approximate surface area is 143 Å². The van der Waals surface area contributed by atoms with Gasteiger partial charge >= 0.3 is 0 Å². The molecule has 0 spiro atoms. The van der Waals surface area contributed by atoms with E-state index >= 15 is 0 Å². The highest BCUT2D eigenvalue weighted by Gasteiger charge is 2.21. The van der Waals surface area contributed by atoms with E-state index in [0.717, 1.165) is 0 Å². The Bertz CT molecular complexity index is 821. The third-order valence-electron chi connectivity index (χ3n) is 3.56. The van der Waals surface area contributed by atoms with Crippen LogP contribution in [0.5, 0.6) is 11.5 Å². The van der Waals surface area contributed by atoms with E-state index in [1.54, 1.807) is 24.3 Å². The van der Waals surface area contributed by atoms with Gasteiger partial charge in [-0.2, -0.15) is 0 Å². The number of amides is 1. The number of rotatable bonds is 5. The molecular weight excluding hydrogens is 328 g/mol. The lowest BCUT2D eigenvalue weighted by atomic mass is 10.1. The molecule has 1 amide bonds. The summed E-state index contributed by atoms with van der Waals surface area (Å²) >= 11 is 0. The molecule has 0 aromatic heterocycles. The zero-order valence-electron chi connectivity index (χ0n) is 13.5. The molecule has 0 atom stereocenters. The summed E-state index contributed by atoms with van der Waals surface area (Å²) < 4.78 is 16.4. The van der Waals surface area contributed by atoms with E-state index in [1.165, 1.54) is 19.1 Å². The van der Waals surface area contributed by atoms with Crippen molar-refractivity contribution in [2.24, 2.45) is 0 Å². The van der Waals surface area contributed by atoms with Gasteiger partial charge in [-0.05, 0) is 12.1 Å². The maximum atomic E-state index is 11.3. The van der Waals surface area contributed by atoms with Crippen molar-refractivity contribution < 1.29 is 23.9 Å². The number of nitro benzene ring substituents is 1. The molecule has 3 rings (SSSR count). The molecule has 0 aliphatic carbocycles. The van der Waals surface area contributed by atoms with Crippen LogP contribution in [-0.4, -0.2) is 17.6 Å². The molecule has 0 saturated carbocycles. The highest BCUT2D eigenvalue weighted by atomic mass is 16.7. The van der Waals surface area contributed by atoms with Gasteiger partial charge < -0.3 is 19.5 Å². The molecule has 1 N–H and O–H groups in total. The standard InChI is InChI=1S/C17H16N2O6/c1-11(20)18-15-4-2-3-5-16(15)24-9-13-7-14(19(21)22)6-12-8-23-10-25-17(12)13/h2-7H,8-10H2,1H3,(H,18,20). The molecule has 1 aliphatic rings. The average Bonchev–Trinajstić information content (AvgIpc) is 2.60. The van der Waals surface area contributed by atoms with Gasteiger partial charge in [-0.1, -0.05) is 12.1 Å². The van der Waals surface area contributed by atoms with Crippen LogP contribution in [0.3, 0.4) is 0 Å². The number of nitrogens with zero attached hydrogens (tertiary/aromatic N) is 1. The second kappa shape index (κ2) is 7.18. The lowest BCUT2D eigenvalue weighted by Gasteiger charge is -2.21. The van der Waals surface area contributed by atoms with Crippen LogP contribution in [0.25, 0.3) is 0 Å². The summed E-state index contributed by atoms with van der Waals surface area (Å²) in [5.74, 6) is 0.781. The maximum absolute atomic E-state index is 11.3. The molecule has 0 bridgehead atoms. The van der Waals surface area contributed by atoms with E-state index in [-0.39, 0.29) is 31.6 Å². The predicted octanol–water partition coefficient (Wildman–Crippen LogP) is 3.00. The molecule has 8 nitrogen and oxygen atoms in total. The van der Waals surface area contributed by atoms with Crippen molar-refractivity contribution in [3.8, 4) is 11.5 Å². The van der Waals surface area contributed by atoms with Crippen LogP contribution in [0.15, 0.2) is 36.4 Å². The summed E-state index contributed by atoms with van der Waals surface area (Å²) in [5, 5.41) is 13.8. The van der Waals surface area contributed by atoms with Crippen molar-refractivity contribution in [3.05, 3.63) is 57.6 Å². The summed E-state index contributed by atoms with van der Waals surface area (Å²) in [4.78, 5) is 21.9. The van der Waals surface area contributed by atoms with Gasteiger partial charge in [0, 0.05) is 30.2 Å². The molecule has 0 unspecified atom stereocenters. The second-order valence-electron chi connectivity index (χ2n) is 5.43.